The van der Waals surface area contributed by atoms with Crippen LogP contribution in [0.2, 0.25) is 0 Å². The first-order valence-corrected chi connectivity index (χ1v) is 5.37. The van der Waals surface area contributed by atoms with Crippen LogP contribution in [0.1, 0.15) is 39.9 Å². The third-order valence-electron chi connectivity index (χ3n) is 1.87. The Morgan fingerprint density at radius 2 is 2.12 bits per heavy atom. The van der Waals surface area contributed by atoms with Crippen molar-refractivity contribution in [1.82, 2.24) is 0 Å². The van der Waals surface area contributed by atoms with Crippen LogP contribution in [0.5, 0.6) is 0 Å². The van der Waals surface area contributed by atoms with Crippen LogP contribution in [0.15, 0.2) is 19.9 Å². The van der Waals surface area contributed by atoms with Gasteiger partial charge in [0.05, 0.1) is 5.92 Å². The Balaban J connectivity index is 0.00000106. The van der Waals surface area contributed by atoms with Crippen LogP contribution in [0.4, 0.5) is 0 Å². The Hall–Kier alpha value is -1.52. The van der Waals surface area contributed by atoms with Gasteiger partial charge in [0.1, 0.15) is 6.26 Å². The van der Waals surface area contributed by atoms with Crippen molar-refractivity contribution in [2.24, 2.45) is 5.92 Å². The van der Waals surface area contributed by atoms with Crippen LogP contribution in [0.3, 0.4) is 0 Å². The SMILES string of the molecule is CC.CC[C@H](C)C(=O)OCc1coc(=O)o1. The first-order valence-electron chi connectivity index (χ1n) is 5.37. The molecule has 16 heavy (non-hydrogen) atoms. The molecule has 0 N–H and O–H groups in total. The first kappa shape index (κ1) is 14.5. The van der Waals surface area contributed by atoms with Gasteiger partial charge >= 0.3 is 11.8 Å². The molecule has 0 aliphatic heterocycles. The molecule has 0 aliphatic carbocycles. The standard InChI is InChI=1S/C9H12O5.C2H6/c1-3-6(2)8(10)12-4-7-5-13-9(11)14-7;1-2/h5-6H,3-4H2,1-2H3;1-2H3/t6-;/m0./s1. The van der Waals surface area contributed by atoms with Crippen molar-refractivity contribution in [2.75, 3.05) is 0 Å². The summed E-state index contributed by atoms with van der Waals surface area (Å²) in [5, 5.41) is 0. The van der Waals surface area contributed by atoms with Gasteiger partial charge in [-0.1, -0.05) is 27.7 Å². The Kier molecular flexibility index (Phi) is 7.00. The van der Waals surface area contributed by atoms with Gasteiger partial charge in [-0.3, -0.25) is 4.79 Å². The van der Waals surface area contributed by atoms with Crippen LogP contribution in [-0.4, -0.2) is 5.97 Å². The summed E-state index contributed by atoms with van der Waals surface area (Å²) in [4.78, 5) is 21.6. The normalized spacial score (nSPS) is 11.2. The van der Waals surface area contributed by atoms with Gasteiger partial charge < -0.3 is 13.6 Å². The van der Waals surface area contributed by atoms with E-state index in [0.717, 1.165) is 6.26 Å². The molecule has 0 radical (unpaired) electrons. The predicted octanol–water partition coefficient (Wildman–Crippen LogP) is 2.35. The van der Waals surface area contributed by atoms with Crippen molar-refractivity contribution < 1.29 is 18.4 Å². The average Bonchev–Trinajstić information content (AvgIpc) is 2.73. The number of carbonyl (C=O) groups excluding carboxylic acids is 1. The van der Waals surface area contributed by atoms with Gasteiger partial charge in [0.15, 0.2) is 12.4 Å². The van der Waals surface area contributed by atoms with Gasteiger partial charge in [0, 0.05) is 0 Å². The molecule has 0 saturated carbocycles. The molecular weight excluding hydrogens is 212 g/mol. The second kappa shape index (κ2) is 7.73. The molecule has 5 nitrogen and oxygen atoms in total. The number of carbonyl (C=O) groups is 1. The highest BCUT2D eigenvalue weighted by Gasteiger charge is 2.13. The summed E-state index contributed by atoms with van der Waals surface area (Å²) in [6.45, 7) is 7.60. The highest BCUT2D eigenvalue weighted by atomic mass is 16.6. The zero-order valence-electron chi connectivity index (χ0n) is 10.1. The Labute approximate surface area is 94.4 Å². The third-order valence-corrected chi connectivity index (χ3v) is 1.87. The molecule has 1 aromatic rings. The molecule has 0 unspecified atom stereocenters. The molecule has 0 fully saturated rings. The lowest BCUT2D eigenvalue weighted by atomic mass is 10.1. The Bertz CT molecular complexity index is 349. The maximum Gasteiger partial charge on any atom is 0.518 e. The summed E-state index contributed by atoms with van der Waals surface area (Å²) >= 11 is 0. The van der Waals surface area contributed by atoms with Gasteiger partial charge in [0.25, 0.3) is 0 Å². The van der Waals surface area contributed by atoms with Crippen molar-refractivity contribution >= 4 is 5.97 Å². The monoisotopic (exact) mass is 230 g/mol. The lowest BCUT2D eigenvalue weighted by Crippen LogP contribution is -2.13. The average molecular weight is 230 g/mol. The summed E-state index contributed by atoms with van der Waals surface area (Å²) < 4.78 is 13.8. The predicted molar refractivity (Wildman–Crippen MR) is 57.8 cm³/mol. The van der Waals surface area contributed by atoms with E-state index in [-0.39, 0.29) is 24.3 Å². The highest BCUT2D eigenvalue weighted by molar-refractivity contribution is 5.71. The van der Waals surface area contributed by atoms with Crippen LogP contribution in [0, 0.1) is 5.92 Å². The largest absolute Gasteiger partial charge is 0.518 e. The van der Waals surface area contributed by atoms with E-state index in [1.54, 1.807) is 6.92 Å². The van der Waals surface area contributed by atoms with Crippen molar-refractivity contribution in [1.29, 1.82) is 0 Å². The van der Waals surface area contributed by atoms with E-state index in [4.69, 9.17) is 4.74 Å². The fraction of sp³-hybridized carbons (Fsp3) is 0.636. The summed E-state index contributed by atoms with van der Waals surface area (Å²) in [6.07, 6.45) is 1.85. The lowest BCUT2D eigenvalue weighted by molar-refractivity contribution is -0.149. The molecule has 0 aliphatic rings. The van der Waals surface area contributed by atoms with E-state index in [2.05, 4.69) is 8.83 Å². The van der Waals surface area contributed by atoms with E-state index in [0.29, 0.717) is 6.42 Å². The maximum atomic E-state index is 11.2. The minimum atomic E-state index is -0.792. The number of ether oxygens (including phenoxy) is 1. The molecule has 1 aromatic heterocycles. The van der Waals surface area contributed by atoms with E-state index in [1.165, 1.54) is 0 Å². The Morgan fingerprint density at radius 1 is 1.50 bits per heavy atom. The second-order valence-corrected chi connectivity index (χ2v) is 2.97. The van der Waals surface area contributed by atoms with Crippen LogP contribution in [-0.2, 0) is 16.1 Å². The van der Waals surface area contributed by atoms with Crippen molar-refractivity contribution in [3.8, 4) is 0 Å². The molecule has 0 amide bonds. The van der Waals surface area contributed by atoms with Gasteiger partial charge in [-0.25, -0.2) is 4.79 Å². The first-order chi connectivity index (χ1) is 7.63. The number of hydrogen-bond donors (Lipinski definition) is 0. The summed E-state index contributed by atoms with van der Waals surface area (Å²) in [6, 6.07) is 0. The number of rotatable bonds is 4. The van der Waals surface area contributed by atoms with Crippen molar-refractivity contribution in [2.45, 2.75) is 40.7 Å². The topological polar surface area (TPSA) is 69.7 Å². The molecule has 0 aromatic carbocycles. The number of hydrogen-bond acceptors (Lipinski definition) is 5. The van der Waals surface area contributed by atoms with Gasteiger partial charge in [0.2, 0.25) is 0 Å². The van der Waals surface area contributed by atoms with E-state index < -0.39 is 5.82 Å². The molecule has 1 atom stereocenters. The summed E-state index contributed by atoms with van der Waals surface area (Å²) in [5.41, 5.74) is 0. The van der Waals surface area contributed by atoms with E-state index in [1.807, 2.05) is 20.8 Å². The Morgan fingerprint density at radius 3 is 2.56 bits per heavy atom. The van der Waals surface area contributed by atoms with Gasteiger partial charge in [-0.15, -0.1) is 0 Å². The molecule has 5 heteroatoms. The molecule has 0 saturated heterocycles. The molecule has 1 heterocycles. The van der Waals surface area contributed by atoms with Crippen LogP contribution < -0.4 is 5.82 Å². The van der Waals surface area contributed by atoms with Gasteiger partial charge in [-0.05, 0) is 6.42 Å². The molecule has 1 rings (SSSR count). The van der Waals surface area contributed by atoms with Gasteiger partial charge in [-0.2, -0.15) is 0 Å². The molecule has 92 valence electrons. The minimum Gasteiger partial charge on any atom is -0.457 e. The summed E-state index contributed by atoms with van der Waals surface area (Å²) in [7, 11) is 0. The van der Waals surface area contributed by atoms with Crippen LogP contribution >= 0.6 is 0 Å². The fourth-order valence-corrected chi connectivity index (χ4v) is 0.784. The fourth-order valence-electron chi connectivity index (χ4n) is 0.784. The number of esters is 1. The molecule has 0 bridgehead atoms. The summed E-state index contributed by atoms with van der Waals surface area (Å²) in [5.74, 6) is -1.03. The van der Waals surface area contributed by atoms with Crippen LogP contribution in [0.25, 0.3) is 0 Å². The minimum absolute atomic E-state index is 0.0606. The van der Waals surface area contributed by atoms with E-state index in [9.17, 15) is 9.59 Å². The molecule has 0 spiro atoms. The second-order valence-electron chi connectivity index (χ2n) is 2.97. The van der Waals surface area contributed by atoms with Crippen molar-refractivity contribution in [3.05, 3.63) is 22.6 Å². The lowest BCUT2D eigenvalue weighted by Gasteiger charge is -2.06. The smallest absolute Gasteiger partial charge is 0.457 e. The zero-order valence-corrected chi connectivity index (χ0v) is 10.1. The van der Waals surface area contributed by atoms with Crippen molar-refractivity contribution in [3.63, 3.8) is 0 Å². The maximum absolute atomic E-state index is 11.2. The third kappa shape index (κ3) is 4.82. The highest BCUT2D eigenvalue weighted by Crippen LogP contribution is 2.06. The molecular formula is C11H18O5. The zero-order chi connectivity index (χ0) is 12.6. The van der Waals surface area contributed by atoms with E-state index >= 15 is 0 Å². The quantitative estimate of drug-likeness (QED) is 0.742.